The molecule has 4 fully saturated rings. The maximum Gasteiger partial charge on any atom is 0.116 e. The molecule has 3 heterocycles. The van der Waals surface area contributed by atoms with Crippen LogP contribution in [0.4, 0.5) is 8.78 Å². The average Bonchev–Trinajstić information content (AvgIpc) is 2.76. The minimum atomic E-state index is -0.725. The molecule has 1 N–H and O–H groups in total. The molecule has 7 atom stereocenters. The zero-order valence-electron chi connectivity index (χ0n) is 25.7. The first-order valence-electron chi connectivity index (χ1n) is 15.9. The van der Waals surface area contributed by atoms with E-state index in [1.807, 2.05) is 0 Å². The van der Waals surface area contributed by atoms with E-state index in [-0.39, 0.29) is 22.9 Å². The minimum absolute atomic E-state index is 0.0918. The Morgan fingerprint density at radius 1 is 0.921 bits per heavy atom. The van der Waals surface area contributed by atoms with Crippen LogP contribution in [-0.2, 0) is 4.74 Å². The lowest BCUT2D eigenvalue weighted by Crippen LogP contribution is -2.55. The average molecular weight is 540 g/mol. The number of ether oxygens (including phenoxy) is 1. The summed E-state index contributed by atoms with van der Waals surface area (Å²) in [4.78, 5) is 4.79. The number of piperidine rings is 3. The fraction of sp³-hybridized carbons (Fsp3) is 1.00. The Morgan fingerprint density at radius 2 is 1.66 bits per heavy atom. The number of alkyl halides is 2. The Balaban J connectivity index is 1.17. The predicted molar refractivity (Wildman–Crippen MR) is 154 cm³/mol. The molecule has 38 heavy (non-hydrogen) atoms. The molecule has 3 saturated heterocycles. The maximum absolute atomic E-state index is 15.4. The van der Waals surface area contributed by atoms with Crippen LogP contribution in [0, 0.1) is 29.1 Å². The van der Waals surface area contributed by atoms with Gasteiger partial charge in [0.15, 0.2) is 0 Å². The summed E-state index contributed by atoms with van der Waals surface area (Å²) in [6.45, 7) is 20.6. The second-order valence-electron chi connectivity index (χ2n) is 15.8. The van der Waals surface area contributed by atoms with Crippen molar-refractivity contribution >= 4 is 0 Å². The standard InChI is InChI=1S/C32H59F2N3O/c1-22(28-10-13-37(21-30(28)34)26-16-27(17-26)38-32(5,6)7)14-25-15-23(8-11-35-25)19-36-12-9-24(29(33)20-36)18-31(2,3)4/h22-30,35H,8-21H2,1-7H3/t22-,23?,24?,25?,26-,27-,28+,29?,30+/m1/s1. The highest BCUT2D eigenvalue weighted by atomic mass is 19.1. The number of halogens is 2. The molecule has 4 nitrogen and oxygen atoms in total. The molecule has 6 heteroatoms. The van der Waals surface area contributed by atoms with Gasteiger partial charge in [0.25, 0.3) is 0 Å². The molecule has 0 aromatic heterocycles. The summed E-state index contributed by atoms with van der Waals surface area (Å²) in [6.07, 6.45) is 7.36. The van der Waals surface area contributed by atoms with Crippen molar-refractivity contribution in [2.45, 2.75) is 136 Å². The number of nitrogens with zero attached hydrogens (tertiary/aromatic N) is 2. The molecule has 0 aromatic carbocycles. The lowest BCUT2D eigenvalue weighted by Gasteiger charge is -2.48. The summed E-state index contributed by atoms with van der Waals surface area (Å²) in [5, 5.41) is 3.74. The third-order valence-electron chi connectivity index (χ3n) is 9.87. The van der Waals surface area contributed by atoms with Gasteiger partial charge in [-0.1, -0.05) is 27.7 Å². The van der Waals surface area contributed by atoms with Crippen molar-refractivity contribution < 1.29 is 13.5 Å². The van der Waals surface area contributed by atoms with E-state index in [4.69, 9.17) is 4.74 Å². The fourth-order valence-electron chi connectivity index (χ4n) is 7.98. The van der Waals surface area contributed by atoms with Crippen molar-refractivity contribution in [2.75, 3.05) is 39.3 Å². The van der Waals surface area contributed by atoms with E-state index in [9.17, 15) is 4.39 Å². The van der Waals surface area contributed by atoms with Crippen molar-refractivity contribution in [1.82, 2.24) is 15.1 Å². The van der Waals surface area contributed by atoms with Gasteiger partial charge in [0, 0.05) is 31.7 Å². The van der Waals surface area contributed by atoms with Crippen molar-refractivity contribution in [3.05, 3.63) is 0 Å². The second-order valence-corrected chi connectivity index (χ2v) is 15.8. The van der Waals surface area contributed by atoms with E-state index in [1.54, 1.807) is 0 Å². The van der Waals surface area contributed by atoms with Crippen LogP contribution in [0.5, 0.6) is 0 Å². The van der Waals surface area contributed by atoms with Crippen LogP contribution in [-0.4, -0.2) is 85.2 Å². The highest BCUT2D eigenvalue weighted by molar-refractivity contribution is 4.95. The molecule has 0 bridgehead atoms. The summed E-state index contributed by atoms with van der Waals surface area (Å²) < 4.78 is 36.5. The normalized spacial score (nSPS) is 39.1. The van der Waals surface area contributed by atoms with E-state index >= 15 is 4.39 Å². The molecule has 3 aliphatic heterocycles. The van der Waals surface area contributed by atoms with Crippen LogP contribution in [0.25, 0.3) is 0 Å². The number of hydrogen-bond acceptors (Lipinski definition) is 4. The predicted octanol–water partition coefficient (Wildman–Crippen LogP) is 6.48. The topological polar surface area (TPSA) is 27.7 Å². The summed E-state index contributed by atoms with van der Waals surface area (Å²) >= 11 is 0. The maximum atomic E-state index is 15.4. The van der Waals surface area contributed by atoms with Crippen molar-refractivity contribution in [2.24, 2.45) is 29.1 Å². The number of likely N-dealkylation sites (tertiary alicyclic amines) is 2. The third kappa shape index (κ3) is 8.85. The third-order valence-corrected chi connectivity index (χ3v) is 9.87. The van der Waals surface area contributed by atoms with Crippen molar-refractivity contribution in [1.29, 1.82) is 0 Å². The van der Waals surface area contributed by atoms with Crippen molar-refractivity contribution in [3.63, 3.8) is 0 Å². The van der Waals surface area contributed by atoms with E-state index < -0.39 is 12.3 Å². The van der Waals surface area contributed by atoms with Crippen molar-refractivity contribution in [3.8, 4) is 0 Å². The molecule has 4 rings (SSSR count). The molecule has 222 valence electrons. The zero-order valence-corrected chi connectivity index (χ0v) is 25.7. The van der Waals surface area contributed by atoms with Crippen LogP contribution >= 0.6 is 0 Å². The highest BCUT2D eigenvalue weighted by Gasteiger charge is 2.42. The first-order chi connectivity index (χ1) is 17.8. The highest BCUT2D eigenvalue weighted by Crippen LogP contribution is 2.38. The van der Waals surface area contributed by atoms with Gasteiger partial charge in [0.2, 0.25) is 0 Å². The van der Waals surface area contributed by atoms with Gasteiger partial charge in [-0.3, -0.25) is 4.90 Å². The molecule has 1 aliphatic carbocycles. The van der Waals surface area contributed by atoms with E-state index in [0.29, 0.717) is 43.1 Å². The lowest BCUT2D eigenvalue weighted by atomic mass is 9.77. The fourth-order valence-corrected chi connectivity index (χ4v) is 7.98. The van der Waals surface area contributed by atoms with E-state index in [2.05, 4.69) is 63.6 Å². The van der Waals surface area contributed by atoms with Gasteiger partial charge < -0.3 is 15.0 Å². The van der Waals surface area contributed by atoms with Gasteiger partial charge in [-0.15, -0.1) is 0 Å². The Labute approximate surface area is 233 Å². The Morgan fingerprint density at radius 3 is 2.29 bits per heavy atom. The van der Waals surface area contributed by atoms with Gasteiger partial charge in [-0.05, 0) is 121 Å². The van der Waals surface area contributed by atoms with Crippen LogP contribution in [0.2, 0.25) is 0 Å². The summed E-state index contributed by atoms with van der Waals surface area (Å²) in [5.74, 6) is 1.41. The molecule has 0 spiro atoms. The quantitative estimate of drug-likeness (QED) is 0.382. The largest absolute Gasteiger partial charge is 0.373 e. The Bertz CT molecular complexity index is 731. The number of rotatable bonds is 8. The lowest BCUT2D eigenvalue weighted by molar-refractivity contribution is -0.127. The molecule has 0 aromatic rings. The van der Waals surface area contributed by atoms with Crippen LogP contribution in [0.1, 0.15) is 99.8 Å². The van der Waals surface area contributed by atoms with Gasteiger partial charge in [0.05, 0.1) is 11.7 Å². The first kappa shape index (κ1) is 30.7. The van der Waals surface area contributed by atoms with Gasteiger partial charge >= 0.3 is 0 Å². The molecular formula is C32H59F2N3O. The van der Waals surface area contributed by atoms with E-state index in [1.165, 1.54) is 6.42 Å². The van der Waals surface area contributed by atoms with Gasteiger partial charge in [-0.2, -0.15) is 0 Å². The SMILES string of the molecule is C[C@H](CC1CC(CN2CCC(CC(C)(C)C)C(F)C2)CCN1)[C@@H]1CCN([C@H]2C[C@H](OC(C)(C)C)C2)C[C@@H]1F. The molecule has 0 amide bonds. The monoisotopic (exact) mass is 539 g/mol. The zero-order chi connectivity index (χ0) is 27.7. The molecular weight excluding hydrogens is 480 g/mol. The van der Waals surface area contributed by atoms with Gasteiger partial charge in [-0.25, -0.2) is 8.78 Å². The molecule has 4 aliphatic rings. The summed E-state index contributed by atoms with van der Waals surface area (Å²) in [6, 6.07) is 0.968. The second kappa shape index (κ2) is 12.7. The Kier molecular flexibility index (Phi) is 10.2. The van der Waals surface area contributed by atoms with Crippen LogP contribution in [0.15, 0.2) is 0 Å². The molecule has 0 radical (unpaired) electrons. The summed E-state index contributed by atoms with van der Waals surface area (Å²) in [7, 11) is 0. The Hall–Kier alpha value is -0.300. The van der Waals surface area contributed by atoms with Crippen LogP contribution in [0.3, 0.4) is 0 Å². The smallest absolute Gasteiger partial charge is 0.116 e. The molecule has 4 unspecified atom stereocenters. The number of nitrogens with one attached hydrogen (secondary N) is 1. The van der Waals surface area contributed by atoms with Crippen LogP contribution < -0.4 is 5.32 Å². The van der Waals surface area contributed by atoms with Gasteiger partial charge in [0.1, 0.15) is 12.3 Å². The molecule has 1 saturated carbocycles. The minimum Gasteiger partial charge on any atom is -0.373 e. The first-order valence-corrected chi connectivity index (χ1v) is 15.9. The van der Waals surface area contributed by atoms with E-state index in [0.717, 1.165) is 71.1 Å². The summed E-state index contributed by atoms with van der Waals surface area (Å²) in [5.41, 5.74) is 0.109. The number of hydrogen-bond donors (Lipinski definition) is 1.